The summed E-state index contributed by atoms with van der Waals surface area (Å²) in [5.74, 6) is 0.851. The standard InChI is InChI=1S/C18H20FN3/c1-13-3-8-17-16(11-13)21-18(9-10-20-2)22(17)12-14-4-6-15(19)7-5-14/h3-8,11,20H,9-10,12H2,1-2H3. The van der Waals surface area contributed by atoms with E-state index in [0.29, 0.717) is 6.54 Å². The van der Waals surface area contributed by atoms with Crippen LogP contribution in [0, 0.1) is 12.7 Å². The Bertz CT molecular complexity index is 775. The molecule has 4 heteroatoms. The minimum Gasteiger partial charge on any atom is -0.323 e. The maximum Gasteiger partial charge on any atom is 0.123 e. The Morgan fingerprint density at radius 2 is 1.91 bits per heavy atom. The quantitative estimate of drug-likeness (QED) is 0.783. The third-order valence-corrected chi connectivity index (χ3v) is 3.84. The van der Waals surface area contributed by atoms with Crippen molar-refractivity contribution in [1.82, 2.24) is 14.9 Å². The Kier molecular flexibility index (Phi) is 4.20. The minimum atomic E-state index is -0.203. The molecule has 0 spiro atoms. The summed E-state index contributed by atoms with van der Waals surface area (Å²) in [5.41, 5.74) is 4.43. The number of hydrogen-bond donors (Lipinski definition) is 1. The van der Waals surface area contributed by atoms with Gasteiger partial charge in [0.2, 0.25) is 0 Å². The first-order valence-electron chi connectivity index (χ1n) is 7.52. The van der Waals surface area contributed by atoms with Crippen molar-refractivity contribution >= 4 is 11.0 Å². The van der Waals surface area contributed by atoms with E-state index in [-0.39, 0.29) is 5.82 Å². The topological polar surface area (TPSA) is 29.9 Å². The van der Waals surface area contributed by atoms with Crippen LogP contribution in [0.3, 0.4) is 0 Å². The Labute approximate surface area is 129 Å². The summed E-state index contributed by atoms with van der Waals surface area (Å²) in [4.78, 5) is 4.77. The van der Waals surface area contributed by atoms with Gasteiger partial charge in [-0.1, -0.05) is 18.2 Å². The third kappa shape index (κ3) is 3.02. The Balaban J connectivity index is 2.02. The first-order chi connectivity index (χ1) is 10.7. The van der Waals surface area contributed by atoms with Crippen LogP contribution in [0.5, 0.6) is 0 Å². The lowest BCUT2D eigenvalue weighted by Gasteiger charge is -2.09. The highest BCUT2D eigenvalue weighted by Crippen LogP contribution is 2.20. The molecule has 0 saturated carbocycles. The number of benzene rings is 2. The second-order valence-corrected chi connectivity index (χ2v) is 5.59. The normalized spacial score (nSPS) is 11.2. The summed E-state index contributed by atoms with van der Waals surface area (Å²) in [7, 11) is 1.94. The molecule has 2 aromatic carbocycles. The van der Waals surface area contributed by atoms with Gasteiger partial charge in [0.15, 0.2) is 0 Å². The number of halogens is 1. The summed E-state index contributed by atoms with van der Waals surface area (Å²) in [6.45, 7) is 3.66. The molecule has 0 aliphatic rings. The fraction of sp³-hybridized carbons (Fsp3) is 0.278. The van der Waals surface area contributed by atoms with E-state index in [1.165, 1.54) is 17.7 Å². The van der Waals surface area contributed by atoms with Crippen molar-refractivity contribution in [2.45, 2.75) is 19.9 Å². The number of fused-ring (bicyclic) bond motifs is 1. The second kappa shape index (κ2) is 6.28. The maximum atomic E-state index is 13.1. The number of nitrogens with one attached hydrogen (secondary N) is 1. The first kappa shape index (κ1) is 14.7. The van der Waals surface area contributed by atoms with Crippen molar-refractivity contribution in [2.24, 2.45) is 0 Å². The fourth-order valence-electron chi connectivity index (χ4n) is 2.67. The van der Waals surface area contributed by atoms with E-state index in [2.05, 4.69) is 35.0 Å². The molecular formula is C18H20FN3. The summed E-state index contributed by atoms with van der Waals surface area (Å²) in [5, 5.41) is 3.17. The molecule has 0 atom stereocenters. The Morgan fingerprint density at radius 3 is 2.64 bits per heavy atom. The summed E-state index contributed by atoms with van der Waals surface area (Å²) < 4.78 is 15.3. The molecule has 1 N–H and O–H groups in total. The van der Waals surface area contributed by atoms with Crippen LogP contribution in [0.4, 0.5) is 4.39 Å². The smallest absolute Gasteiger partial charge is 0.123 e. The molecule has 3 aromatic rings. The van der Waals surface area contributed by atoms with Crippen molar-refractivity contribution in [2.75, 3.05) is 13.6 Å². The van der Waals surface area contributed by atoms with Crippen molar-refractivity contribution < 1.29 is 4.39 Å². The molecule has 0 unspecified atom stereocenters. The van der Waals surface area contributed by atoms with Gasteiger partial charge in [-0.3, -0.25) is 0 Å². The molecule has 0 fully saturated rings. The molecule has 3 rings (SSSR count). The number of aromatic nitrogens is 2. The summed E-state index contributed by atoms with van der Waals surface area (Å²) in [6, 6.07) is 13.0. The summed E-state index contributed by atoms with van der Waals surface area (Å²) >= 11 is 0. The Morgan fingerprint density at radius 1 is 1.14 bits per heavy atom. The van der Waals surface area contributed by atoms with Gasteiger partial charge in [0.1, 0.15) is 11.6 Å². The number of hydrogen-bond acceptors (Lipinski definition) is 2. The van der Waals surface area contributed by atoms with Crippen LogP contribution in [0.25, 0.3) is 11.0 Å². The highest BCUT2D eigenvalue weighted by molar-refractivity contribution is 5.77. The van der Waals surface area contributed by atoms with Gasteiger partial charge in [0.25, 0.3) is 0 Å². The molecule has 114 valence electrons. The van der Waals surface area contributed by atoms with E-state index in [0.717, 1.165) is 35.4 Å². The molecule has 0 saturated heterocycles. The SMILES string of the molecule is CNCCc1nc2cc(C)ccc2n1Cc1ccc(F)cc1. The van der Waals surface area contributed by atoms with Crippen LogP contribution in [0.1, 0.15) is 17.0 Å². The monoisotopic (exact) mass is 297 g/mol. The van der Waals surface area contributed by atoms with Gasteiger partial charge in [-0.2, -0.15) is 0 Å². The first-order valence-corrected chi connectivity index (χ1v) is 7.52. The third-order valence-electron chi connectivity index (χ3n) is 3.84. The molecular weight excluding hydrogens is 277 g/mol. The van der Waals surface area contributed by atoms with Gasteiger partial charge in [-0.05, 0) is 49.4 Å². The summed E-state index contributed by atoms with van der Waals surface area (Å²) in [6.07, 6.45) is 0.866. The maximum absolute atomic E-state index is 13.1. The van der Waals surface area contributed by atoms with Crippen LogP contribution in [-0.4, -0.2) is 23.1 Å². The van der Waals surface area contributed by atoms with Crippen molar-refractivity contribution in [3.63, 3.8) is 0 Å². The van der Waals surface area contributed by atoms with Crippen molar-refractivity contribution in [3.8, 4) is 0 Å². The molecule has 0 amide bonds. The highest BCUT2D eigenvalue weighted by Gasteiger charge is 2.11. The number of rotatable bonds is 5. The largest absolute Gasteiger partial charge is 0.323 e. The van der Waals surface area contributed by atoms with Gasteiger partial charge < -0.3 is 9.88 Å². The molecule has 1 heterocycles. The van der Waals surface area contributed by atoms with E-state index in [4.69, 9.17) is 4.98 Å². The molecule has 0 aliphatic carbocycles. The lowest BCUT2D eigenvalue weighted by Crippen LogP contribution is -2.14. The van der Waals surface area contributed by atoms with Crippen LogP contribution in [0.15, 0.2) is 42.5 Å². The molecule has 0 aliphatic heterocycles. The van der Waals surface area contributed by atoms with E-state index in [1.807, 2.05) is 19.2 Å². The lowest BCUT2D eigenvalue weighted by atomic mass is 10.2. The Hall–Kier alpha value is -2.20. The van der Waals surface area contributed by atoms with Gasteiger partial charge in [-0.15, -0.1) is 0 Å². The number of likely N-dealkylation sites (N-methyl/N-ethyl adjacent to an activating group) is 1. The lowest BCUT2D eigenvalue weighted by molar-refractivity contribution is 0.626. The zero-order valence-electron chi connectivity index (χ0n) is 12.9. The molecule has 1 aromatic heterocycles. The predicted molar refractivity (Wildman–Crippen MR) is 87.6 cm³/mol. The van der Waals surface area contributed by atoms with Crippen LogP contribution < -0.4 is 5.32 Å². The van der Waals surface area contributed by atoms with Crippen LogP contribution in [0.2, 0.25) is 0 Å². The fourth-order valence-corrected chi connectivity index (χ4v) is 2.67. The number of imidazole rings is 1. The van der Waals surface area contributed by atoms with E-state index < -0.39 is 0 Å². The van der Waals surface area contributed by atoms with Crippen molar-refractivity contribution in [1.29, 1.82) is 0 Å². The van der Waals surface area contributed by atoms with E-state index in [1.54, 1.807) is 0 Å². The molecule has 0 radical (unpaired) electrons. The second-order valence-electron chi connectivity index (χ2n) is 5.59. The average molecular weight is 297 g/mol. The molecule has 3 nitrogen and oxygen atoms in total. The molecule has 22 heavy (non-hydrogen) atoms. The van der Waals surface area contributed by atoms with Crippen LogP contribution in [-0.2, 0) is 13.0 Å². The number of aryl methyl sites for hydroxylation is 1. The zero-order valence-corrected chi connectivity index (χ0v) is 12.9. The van der Waals surface area contributed by atoms with Crippen molar-refractivity contribution in [3.05, 3.63) is 65.2 Å². The average Bonchev–Trinajstić information content (AvgIpc) is 2.84. The highest BCUT2D eigenvalue weighted by atomic mass is 19.1. The molecule has 0 bridgehead atoms. The van der Waals surface area contributed by atoms with Crippen LogP contribution >= 0.6 is 0 Å². The van der Waals surface area contributed by atoms with Gasteiger partial charge >= 0.3 is 0 Å². The van der Waals surface area contributed by atoms with E-state index >= 15 is 0 Å². The predicted octanol–water partition coefficient (Wildman–Crippen LogP) is 3.29. The van der Waals surface area contributed by atoms with Gasteiger partial charge in [0.05, 0.1) is 11.0 Å². The van der Waals surface area contributed by atoms with Gasteiger partial charge in [0, 0.05) is 19.5 Å². The zero-order chi connectivity index (χ0) is 15.5. The van der Waals surface area contributed by atoms with E-state index in [9.17, 15) is 4.39 Å². The minimum absolute atomic E-state index is 0.203. The number of nitrogens with zero attached hydrogens (tertiary/aromatic N) is 2. The van der Waals surface area contributed by atoms with Gasteiger partial charge in [-0.25, -0.2) is 9.37 Å².